The van der Waals surface area contributed by atoms with E-state index in [9.17, 15) is 8.42 Å². The van der Waals surface area contributed by atoms with Gasteiger partial charge in [0.1, 0.15) is 10.0 Å². The maximum atomic E-state index is 10.8. The van der Waals surface area contributed by atoms with Crippen LogP contribution in [0.5, 0.6) is 0 Å². The minimum atomic E-state index is -3.81. The molecule has 2 aromatic heterocycles. The summed E-state index contributed by atoms with van der Waals surface area (Å²) < 4.78 is 23.0. The highest BCUT2D eigenvalue weighted by Crippen LogP contribution is 2.25. The predicted molar refractivity (Wildman–Crippen MR) is 91.3 cm³/mol. The Bertz CT molecular complexity index is 759. The molecular formula is C10H6Br2Cl3N3O2S. The van der Waals surface area contributed by atoms with Crippen LogP contribution in [0.15, 0.2) is 38.4 Å². The first-order valence-electron chi connectivity index (χ1n) is 4.93. The van der Waals surface area contributed by atoms with Crippen molar-refractivity contribution < 1.29 is 8.42 Å². The second kappa shape index (κ2) is 7.94. The summed E-state index contributed by atoms with van der Waals surface area (Å²) in [6.45, 7) is 0. The number of anilines is 1. The summed E-state index contributed by atoms with van der Waals surface area (Å²) in [5, 5.41) is 0.214. The van der Waals surface area contributed by atoms with Crippen molar-refractivity contribution in [3.05, 3.63) is 43.8 Å². The van der Waals surface area contributed by atoms with Crippen LogP contribution in [0.3, 0.4) is 0 Å². The maximum absolute atomic E-state index is 10.8. The smallest absolute Gasteiger partial charge is 0.264 e. The fraction of sp³-hybridized carbons (Fsp3) is 0. The van der Waals surface area contributed by atoms with E-state index in [2.05, 4.69) is 41.8 Å². The molecule has 21 heavy (non-hydrogen) atoms. The van der Waals surface area contributed by atoms with E-state index in [0.717, 1.165) is 4.47 Å². The van der Waals surface area contributed by atoms with Gasteiger partial charge in [0.05, 0.1) is 5.69 Å². The number of hydrogen-bond acceptors (Lipinski definition) is 5. The number of aromatic nitrogens is 2. The monoisotopic (exact) mass is 495 g/mol. The number of nitrogen functional groups attached to an aromatic ring is 1. The first-order chi connectivity index (χ1) is 9.61. The lowest BCUT2D eigenvalue weighted by Crippen LogP contribution is -1.93. The Morgan fingerprint density at radius 3 is 1.86 bits per heavy atom. The van der Waals surface area contributed by atoms with Crippen LogP contribution in [0, 0.1) is 0 Å². The lowest BCUT2D eigenvalue weighted by Gasteiger charge is -1.98. The first kappa shape index (κ1) is 18.9. The predicted octanol–water partition coefficient (Wildman–Crippen LogP) is 4.50. The highest BCUT2D eigenvalue weighted by Gasteiger charge is 2.15. The summed E-state index contributed by atoms with van der Waals surface area (Å²) >= 11 is 17.2. The number of pyridine rings is 2. The van der Waals surface area contributed by atoms with Gasteiger partial charge >= 0.3 is 0 Å². The minimum absolute atomic E-state index is 0.131. The van der Waals surface area contributed by atoms with Crippen molar-refractivity contribution in [2.75, 3.05) is 5.73 Å². The molecule has 2 heterocycles. The van der Waals surface area contributed by atoms with E-state index >= 15 is 0 Å². The van der Waals surface area contributed by atoms with E-state index in [0.29, 0.717) is 15.3 Å². The number of nitrogens with zero attached hydrogens (tertiary/aromatic N) is 2. The second-order valence-corrected chi connectivity index (χ2v) is 8.50. The molecule has 0 bridgehead atoms. The Kier molecular flexibility index (Phi) is 7.15. The molecule has 0 spiro atoms. The van der Waals surface area contributed by atoms with Crippen molar-refractivity contribution in [3.8, 4) is 0 Å². The Morgan fingerprint density at radius 1 is 1.00 bits per heavy atom. The number of nitrogens with two attached hydrogens (primary N) is 1. The van der Waals surface area contributed by atoms with E-state index < -0.39 is 9.05 Å². The lowest BCUT2D eigenvalue weighted by atomic mass is 10.4. The molecule has 114 valence electrons. The molecule has 0 saturated carbocycles. The van der Waals surface area contributed by atoms with Crippen molar-refractivity contribution in [1.82, 2.24) is 9.97 Å². The summed E-state index contributed by atoms with van der Waals surface area (Å²) in [6, 6.07) is 2.99. The highest BCUT2D eigenvalue weighted by molar-refractivity contribution is 9.10. The van der Waals surface area contributed by atoms with Gasteiger partial charge in [-0.2, -0.15) is 0 Å². The SMILES string of the molecule is Nc1cc(Br)cnc1Cl.O=S(=O)(Cl)c1cc(Br)cnc1Cl. The Balaban J connectivity index is 0.000000219. The molecule has 2 aromatic rings. The fourth-order valence-electron chi connectivity index (χ4n) is 1.01. The Labute approximate surface area is 152 Å². The van der Waals surface area contributed by atoms with Gasteiger partial charge in [0, 0.05) is 32.0 Å². The molecular weight excluding hydrogens is 492 g/mol. The van der Waals surface area contributed by atoms with Crippen molar-refractivity contribution in [3.63, 3.8) is 0 Å². The molecule has 2 N–H and O–H groups in total. The second-order valence-electron chi connectivity index (χ2n) is 3.41. The molecule has 0 radical (unpaired) electrons. The Morgan fingerprint density at radius 2 is 1.48 bits per heavy atom. The number of rotatable bonds is 1. The molecule has 0 saturated heterocycles. The lowest BCUT2D eigenvalue weighted by molar-refractivity contribution is 0.609. The van der Waals surface area contributed by atoms with Gasteiger partial charge in [-0.1, -0.05) is 23.2 Å². The zero-order valence-electron chi connectivity index (χ0n) is 9.90. The molecule has 0 aliphatic carbocycles. The van der Waals surface area contributed by atoms with Crippen molar-refractivity contribution >= 4 is 80.5 Å². The third kappa shape index (κ3) is 6.25. The van der Waals surface area contributed by atoms with Gasteiger partial charge in [-0.15, -0.1) is 0 Å². The molecule has 0 amide bonds. The molecule has 0 aliphatic heterocycles. The van der Waals surface area contributed by atoms with Gasteiger partial charge in [0.25, 0.3) is 9.05 Å². The fourth-order valence-corrected chi connectivity index (χ4v) is 3.35. The van der Waals surface area contributed by atoms with Crippen molar-refractivity contribution in [2.45, 2.75) is 4.90 Å². The zero-order chi connectivity index (χ0) is 16.2. The highest BCUT2D eigenvalue weighted by atomic mass is 79.9. The molecule has 0 aliphatic rings. The normalized spacial score (nSPS) is 10.7. The average Bonchev–Trinajstić information content (AvgIpc) is 2.37. The van der Waals surface area contributed by atoms with Gasteiger partial charge in [0.15, 0.2) is 5.15 Å². The topological polar surface area (TPSA) is 85.9 Å². The largest absolute Gasteiger partial charge is 0.396 e. The van der Waals surface area contributed by atoms with Gasteiger partial charge in [-0.3, -0.25) is 0 Å². The van der Waals surface area contributed by atoms with Gasteiger partial charge in [0.2, 0.25) is 0 Å². The van der Waals surface area contributed by atoms with Crippen LogP contribution in [0.2, 0.25) is 10.3 Å². The van der Waals surface area contributed by atoms with Gasteiger partial charge < -0.3 is 5.73 Å². The summed E-state index contributed by atoms with van der Waals surface area (Å²) in [4.78, 5) is 7.18. The summed E-state index contributed by atoms with van der Waals surface area (Å²) in [6.07, 6.45) is 2.98. The number of halogens is 5. The van der Waals surface area contributed by atoms with E-state index in [4.69, 9.17) is 39.6 Å². The zero-order valence-corrected chi connectivity index (χ0v) is 16.2. The quantitative estimate of drug-likeness (QED) is 0.462. The molecule has 11 heteroatoms. The molecule has 0 unspecified atom stereocenters. The molecule has 0 aromatic carbocycles. The van der Waals surface area contributed by atoms with Crippen LogP contribution >= 0.6 is 65.7 Å². The molecule has 2 rings (SSSR count). The summed E-state index contributed by atoms with van der Waals surface area (Å²) in [7, 11) is 1.25. The van der Waals surface area contributed by atoms with E-state index in [1.165, 1.54) is 12.3 Å². The standard InChI is InChI=1S/C5H2BrCl2NO2S.C5H4BrClN2/c6-3-1-4(12(8,10)11)5(7)9-2-3;6-3-1-4(8)5(7)9-2-3/h1-2H;1-2H,8H2. The van der Waals surface area contributed by atoms with Crippen molar-refractivity contribution in [1.29, 1.82) is 0 Å². The average molecular weight is 498 g/mol. The third-order valence-electron chi connectivity index (χ3n) is 1.87. The van der Waals surface area contributed by atoms with E-state index in [1.807, 2.05) is 0 Å². The Hall–Kier alpha value is -0.120. The third-order valence-corrected chi connectivity index (χ3v) is 4.80. The van der Waals surface area contributed by atoms with Gasteiger partial charge in [-0.25, -0.2) is 18.4 Å². The molecule has 5 nitrogen and oxygen atoms in total. The molecule has 0 atom stereocenters. The van der Waals surface area contributed by atoms with Crippen LogP contribution in [0.1, 0.15) is 0 Å². The van der Waals surface area contributed by atoms with Crippen LogP contribution in [-0.2, 0) is 9.05 Å². The maximum Gasteiger partial charge on any atom is 0.264 e. The molecule has 0 fully saturated rings. The van der Waals surface area contributed by atoms with Crippen LogP contribution in [0.25, 0.3) is 0 Å². The summed E-state index contributed by atoms with van der Waals surface area (Å²) in [5.74, 6) is 0. The minimum Gasteiger partial charge on any atom is -0.396 e. The number of hydrogen-bond donors (Lipinski definition) is 1. The van der Waals surface area contributed by atoms with Crippen LogP contribution in [0.4, 0.5) is 5.69 Å². The van der Waals surface area contributed by atoms with Crippen LogP contribution < -0.4 is 5.73 Å². The van der Waals surface area contributed by atoms with Gasteiger partial charge in [-0.05, 0) is 44.0 Å². The van der Waals surface area contributed by atoms with Crippen LogP contribution in [-0.4, -0.2) is 18.4 Å². The van der Waals surface area contributed by atoms with Crippen molar-refractivity contribution in [2.24, 2.45) is 0 Å². The van der Waals surface area contributed by atoms with E-state index in [1.54, 1.807) is 12.3 Å². The first-order valence-corrected chi connectivity index (χ1v) is 9.58. The summed E-state index contributed by atoms with van der Waals surface area (Å²) in [5.41, 5.74) is 5.89. The van der Waals surface area contributed by atoms with E-state index in [-0.39, 0.29) is 10.0 Å².